The summed E-state index contributed by atoms with van der Waals surface area (Å²) < 4.78 is 5.39. The zero-order valence-electron chi connectivity index (χ0n) is 17.4. The molecule has 2 atom stereocenters. The Kier molecular flexibility index (Phi) is 7.90. The van der Waals surface area contributed by atoms with E-state index in [1.165, 1.54) is 11.0 Å². The van der Waals surface area contributed by atoms with Crippen LogP contribution in [-0.4, -0.2) is 52.6 Å². The van der Waals surface area contributed by atoms with Gasteiger partial charge in [0, 0.05) is 17.9 Å². The maximum atomic E-state index is 12.6. The normalized spacial score (nSPS) is 19.2. The van der Waals surface area contributed by atoms with Crippen molar-refractivity contribution in [2.75, 3.05) is 13.1 Å². The second-order valence-electron chi connectivity index (χ2n) is 7.97. The van der Waals surface area contributed by atoms with Gasteiger partial charge in [0.1, 0.15) is 11.6 Å². The Balaban J connectivity index is 2.19. The summed E-state index contributed by atoms with van der Waals surface area (Å²) in [5.41, 5.74) is 9.08. The number of hydroxylamine groups is 1. The lowest BCUT2D eigenvalue weighted by Gasteiger charge is -2.38. The Morgan fingerprint density at radius 3 is 2.53 bits per heavy atom. The van der Waals surface area contributed by atoms with E-state index in [4.69, 9.17) is 15.3 Å². The van der Waals surface area contributed by atoms with Crippen molar-refractivity contribution in [1.82, 2.24) is 10.4 Å². The molecule has 2 rings (SSSR count). The van der Waals surface area contributed by atoms with Crippen LogP contribution in [0, 0.1) is 10.1 Å². The molecule has 10 heteroatoms. The van der Waals surface area contributed by atoms with Gasteiger partial charge in [0.25, 0.3) is 0 Å². The molecule has 0 fully saturated rings. The Morgan fingerprint density at radius 1 is 1.30 bits per heavy atom. The minimum Gasteiger partial charge on any atom is -0.444 e. The van der Waals surface area contributed by atoms with Crippen LogP contribution in [0.1, 0.15) is 32.8 Å². The van der Waals surface area contributed by atoms with Gasteiger partial charge in [0.05, 0.1) is 12.6 Å². The highest BCUT2D eigenvalue weighted by molar-refractivity contribution is 5.87. The molecule has 164 valence electrons. The summed E-state index contributed by atoms with van der Waals surface area (Å²) in [6.45, 7) is 5.09. The van der Waals surface area contributed by atoms with Crippen molar-refractivity contribution < 1.29 is 24.1 Å². The Bertz CT molecular complexity index is 790. The molecule has 0 bridgehead atoms. The molecule has 0 spiro atoms. The molecule has 0 saturated heterocycles. The second kappa shape index (κ2) is 10.2. The van der Waals surface area contributed by atoms with E-state index in [0.717, 1.165) is 5.56 Å². The fraction of sp³-hybridized carbons (Fsp3) is 0.500. The molecule has 2 amide bonds. The molecule has 3 N–H and O–H groups in total. The lowest BCUT2D eigenvalue weighted by Crippen LogP contribution is -2.57. The number of nitrogens with zero attached hydrogens (tertiary/aromatic N) is 2. The highest BCUT2D eigenvalue weighted by Gasteiger charge is 2.37. The van der Waals surface area contributed by atoms with Crippen molar-refractivity contribution in [1.29, 1.82) is 0 Å². The standard InChI is InChI=1S/C20H28N4O6/c1-20(2,3)30-19(26)23-12-16(22-29-13-14-7-5-4-6-8-14)15(9-10-24(27)28)11-17(23)18(21)25/h4-8,11,16-17,22H,9-10,12-13H2,1-3H3,(H2,21,25). The van der Waals surface area contributed by atoms with E-state index in [-0.39, 0.29) is 26.1 Å². The van der Waals surface area contributed by atoms with E-state index in [2.05, 4.69) is 5.48 Å². The number of hydrogen-bond acceptors (Lipinski definition) is 7. The first-order valence-corrected chi connectivity index (χ1v) is 9.59. The number of amides is 2. The van der Waals surface area contributed by atoms with Gasteiger partial charge in [-0.1, -0.05) is 36.4 Å². The molecule has 0 radical (unpaired) electrons. The number of benzene rings is 1. The van der Waals surface area contributed by atoms with Crippen LogP contribution in [0.15, 0.2) is 42.0 Å². The average molecular weight is 420 g/mol. The lowest BCUT2D eigenvalue weighted by atomic mass is 9.95. The van der Waals surface area contributed by atoms with Gasteiger partial charge in [-0.2, -0.15) is 5.48 Å². The summed E-state index contributed by atoms with van der Waals surface area (Å²) in [7, 11) is 0. The molecule has 0 aliphatic carbocycles. The van der Waals surface area contributed by atoms with Crippen LogP contribution in [0.25, 0.3) is 0 Å². The SMILES string of the molecule is CC(C)(C)OC(=O)N1CC(NOCc2ccccc2)C(CC[N+](=O)[O-])=CC1C(N)=O. The Morgan fingerprint density at radius 2 is 1.97 bits per heavy atom. The summed E-state index contributed by atoms with van der Waals surface area (Å²) >= 11 is 0. The molecule has 1 aromatic carbocycles. The minimum absolute atomic E-state index is 0.0147. The molecule has 2 unspecified atom stereocenters. The van der Waals surface area contributed by atoms with Crippen LogP contribution < -0.4 is 11.2 Å². The van der Waals surface area contributed by atoms with Crippen LogP contribution in [-0.2, 0) is 21.0 Å². The van der Waals surface area contributed by atoms with Crippen molar-refractivity contribution in [3.05, 3.63) is 57.7 Å². The monoisotopic (exact) mass is 420 g/mol. The van der Waals surface area contributed by atoms with Crippen LogP contribution in [0.2, 0.25) is 0 Å². The molecule has 1 aromatic rings. The quantitative estimate of drug-likeness (QED) is 0.371. The average Bonchev–Trinajstić information content (AvgIpc) is 2.65. The van der Waals surface area contributed by atoms with Crippen LogP contribution in [0.5, 0.6) is 0 Å². The molecule has 0 saturated carbocycles. The molecular weight excluding hydrogens is 392 g/mol. The molecule has 1 heterocycles. The third-order valence-corrected chi connectivity index (χ3v) is 4.34. The zero-order chi connectivity index (χ0) is 22.3. The van der Waals surface area contributed by atoms with Gasteiger partial charge >= 0.3 is 6.09 Å². The van der Waals surface area contributed by atoms with Crippen molar-refractivity contribution in [2.45, 2.75) is 51.5 Å². The van der Waals surface area contributed by atoms with E-state index in [1.54, 1.807) is 20.8 Å². The fourth-order valence-electron chi connectivity index (χ4n) is 2.97. The third-order valence-electron chi connectivity index (χ3n) is 4.34. The number of nitrogens with one attached hydrogen (secondary N) is 1. The number of nitrogens with two attached hydrogens (primary N) is 1. The third kappa shape index (κ3) is 7.12. The van der Waals surface area contributed by atoms with Crippen LogP contribution >= 0.6 is 0 Å². The van der Waals surface area contributed by atoms with Gasteiger partial charge in [0.15, 0.2) is 0 Å². The van der Waals surface area contributed by atoms with Gasteiger partial charge in [-0.05, 0) is 31.9 Å². The van der Waals surface area contributed by atoms with Crippen LogP contribution in [0.3, 0.4) is 0 Å². The first-order valence-electron chi connectivity index (χ1n) is 9.59. The van der Waals surface area contributed by atoms with E-state index < -0.39 is 34.6 Å². The molecular formula is C20H28N4O6. The number of nitro groups is 1. The number of carbonyl (C=O) groups excluding carboxylic acids is 2. The van der Waals surface area contributed by atoms with Crippen molar-refractivity contribution in [3.8, 4) is 0 Å². The smallest absolute Gasteiger partial charge is 0.411 e. The first kappa shape index (κ1) is 23.3. The summed E-state index contributed by atoms with van der Waals surface area (Å²) in [5, 5.41) is 10.8. The van der Waals surface area contributed by atoms with Gasteiger partial charge in [-0.15, -0.1) is 0 Å². The summed E-state index contributed by atoms with van der Waals surface area (Å²) in [5.74, 6) is -0.747. The Labute approximate surface area is 175 Å². The number of carbonyl (C=O) groups is 2. The minimum atomic E-state index is -1.06. The maximum absolute atomic E-state index is 12.6. The summed E-state index contributed by atoms with van der Waals surface area (Å²) in [4.78, 5) is 41.8. The molecule has 10 nitrogen and oxygen atoms in total. The zero-order valence-corrected chi connectivity index (χ0v) is 17.4. The summed E-state index contributed by atoms with van der Waals surface area (Å²) in [6, 6.07) is 7.81. The molecule has 1 aliphatic heterocycles. The Hall–Kier alpha value is -2.98. The van der Waals surface area contributed by atoms with E-state index in [0.29, 0.717) is 5.57 Å². The predicted octanol–water partition coefficient (Wildman–Crippen LogP) is 1.77. The largest absolute Gasteiger partial charge is 0.444 e. The molecule has 0 aromatic heterocycles. The van der Waals surface area contributed by atoms with Crippen molar-refractivity contribution >= 4 is 12.0 Å². The summed E-state index contributed by atoms with van der Waals surface area (Å²) in [6.07, 6.45) is 0.861. The van der Waals surface area contributed by atoms with Crippen molar-refractivity contribution in [3.63, 3.8) is 0 Å². The van der Waals surface area contributed by atoms with E-state index in [1.807, 2.05) is 30.3 Å². The van der Waals surface area contributed by atoms with Gasteiger partial charge in [-0.3, -0.25) is 24.6 Å². The second-order valence-corrected chi connectivity index (χ2v) is 7.97. The van der Waals surface area contributed by atoms with E-state index in [9.17, 15) is 19.7 Å². The fourth-order valence-corrected chi connectivity index (χ4v) is 2.97. The van der Waals surface area contributed by atoms with Gasteiger partial charge in [0.2, 0.25) is 12.5 Å². The van der Waals surface area contributed by atoms with Crippen molar-refractivity contribution in [2.24, 2.45) is 5.73 Å². The maximum Gasteiger partial charge on any atom is 0.411 e. The number of hydrogen-bond donors (Lipinski definition) is 2. The number of rotatable bonds is 8. The van der Waals surface area contributed by atoms with Crippen LogP contribution in [0.4, 0.5) is 4.79 Å². The molecule has 30 heavy (non-hydrogen) atoms. The predicted molar refractivity (Wildman–Crippen MR) is 109 cm³/mol. The lowest BCUT2D eigenvalue weighted by molar-refractivity contribution is -0.479. The molecule has 1 aliphatic rings. The number of primary amides is 1. The highest BCUT2D eigenvalue weighted by Crippen LogP contribution is 2.23. The topological polar surface area (TPSA) is 137 Å². The number of ether oxygens (including phenoxy) is 1. The van der Waals surface area contributed by atoms with E-state index >= 15 is 0 Å². The highest BCUT2D eigenvalue weighted by atomic mass is 16.6. The van der Waals surface area contributed by atoms with Gasteiger partial charge in [-0.25, -0.2) is 4.79 Å². The van der Waals surface area contributed by atoms with Gasteiger partial charge < -0.3 is 10.5 Å². The first-order chi connectivity index (χ1) is 14.1.